The third kappa shape index (κ3) is 2.60. The Balaban J connectivity index is 1.37. The van der Waals surface area contributed by atoms with Crippen molar-refractivity contribution in [3.63, 3.8) is 0 Å². The second-order valence-electron chi connectivity index (χ2n) is 6.02. The Hall–Kier alpha value is -1.90. The fourth-order valence-electron chi connectivity index (χ4n) is 3.51. The molecule has 0 aromatic heterocycles. The van der Waals surface area contributed by atoms with Gasteiger partial charge in [-0.1, -0.05) is 60.7 Å². The fraction of sp³-hybridized carbons (Fsp3) is 0.300. The van der Waals surface area contributed by atoms with E-state index in [4.69, 9.17) is 9.47 Å². The molecule has 2 heteroatoms. The van der Waals surface area contributed by atoms with Gasteiger partial charge >= 0.3 is 0 Å². The van der Waals surface area contributed by atoms with Gasteiger partial charge in [0, 0.05) is 5.92 Å². The lowest BCUT2D eigenvalue weighted by Crippen LogP contribution is -2.03. The molecule has 0 spiro atoms. The van der Waals surface area contributed by atoms with Crippen LogP contribution < -0.4 is 0 Å². The molecule has 0 radical (unpaired) electrons. The van der Waals surface area contributed by atoms with E-state index in [1.165, 1.54) is 22.3 Å². The number of ether oxygens (including phenoxy) is 2. The quantitative estimate of drug-likeness (QED) is 0.624. The van der Waals surface area contributed by atoms with Crippen LogP contribution in [-0.4, -0.2) is 13.2 Å². The molecule has 22 heavy (non-hydrogen) atoms. The first-order valence-electron chi connectivity index (χ1n) is 7.92. The largest absolute Gasteiger partial charge is 0.373 e. The molecule has 1 saturated heterocycles. The molecule has 2 aromatic carbocycles. The minimum atomic E-state index is 0.261. The summed E-state index contributed by atoms with van der Waals surface area (Å²) in [6.07, 6.45) is 3.58. The Kier molecular flexibility index (Phi) is 3.79. The van der Waals surface area contributed by atoms with E-state index in [1.54, 1.807) is 0 Å². The SMILES string of the molecule is C(/COCc1ccccc1)=C1/COC2c3ccccc3CC12. The summed E-state index contributed by atoms with van der Waals surface area (Å²) >= 11 is 0. The Morgan fingerprint density at radius 1 is 1.05 bits per heavy atom. The molecule has 0 saturated carbocycles. The van der Waals surface area contributed by atoms with Crippen molar-refractivity contribution in [3.05, 3.63) is 82.9 Å². The van der Waals surface area contributed by atoms with E-state index in [0.717, 1.165) is 13.0 Å². The lowest BCUT2D eigenvalue weighted by Gasteiger charge is -2.09. The van der Waals surface area contributed by atoms with Crippen molar-refractivity contribution in [2.75, 3.05) is 13.2 Å². The molecule has 4 rings (SSSR count). The molecule has 1 fully saturated rings. The molecular formula is C20H20O2. The first-order valence-corrected chi connectivity index (χ1v) is 7.92. The van der Waals surface area contributed by atoms with Crippen LogP contribution in [0, 0.1) is 5.92 Å². The van der Waals surface area contributed by atoms with Gasteiger partial charge in [0.25, 0.3) is 0 Å². The average molecular weight is 292 g/mol. The molecule has 2 atom stereocenters. The van der Waals surface area contributed by atoms with Gasteiger partial charge in [0.2, 0.25) is 0 Å². The van der Waals surface area contributed by atoms with Crippen LogP contribution in [0.25, 0.3) is 0 Å². The van der Waals surface area contributed by atoms with Crippen LogP contribution in [0.4, 0.5) is 0 Å². The standard InChI is InChI=1S/C20H20O2/c1-2-6-15(7-3-1)13-21-11-10-17-14-22-20-18-9-5-4-8-16(18)12-19(17)20/h1-10,19-20H,11-14H2/b17-10+. The fourth-order valence-corrected chi connectivity index (χ4v) is 3.51. The summed E-state index contributed by atoms with van der Waals surface area (Å²) < 4.78 is 11.8. The highest BCUT2D eigenvalue weighted by Gasteiger charge is 2.39. The zero-order valence-corrected chi connectivity index (χ0v) is 12.6. The highest BCUT2D eigenvalue weighted by Crippen LogP contribution is 2.46. The maximum Gasteiger partial charge on any atom is 0.0901 e. The van der Waals surface area contributed by atoms with E-state index in [1.807, 2.05) is 18.2 Å². The summed E-state index contributed by atoms with van der Waals surface area (Å²) in [4.78, 5) is 0. The van der Waals surface area contributed by atoms with E-state index in [2.05, 4.69) is 42.5 Å². The molecule has 1 aliphatic heterocycles. The lowest BCUT2D eigenvalue weighted by molar-refractivity contribution is 0.0998. The van der Waals surface area contributed by atoms with Gasteiger partial charge in [-0.05, 0) is 28.7 Å². The highest BCUT2D eigenvalue weighted by atomic mass is 16.5. The van der Waals surface area contributed by atoms with Crippen molar-refractivity contribution in [2.45, 2.75) is 19.1 Å². The van der Waals surface area contributed by atoms with Crippen LogP contribution >= 0.6 is 0 Å². The molecule has 1 aliphatic carbocycles. The van der Waals surface area contributed by atoms with Crippen molar-refractivity contribution in [1.82, 2.24) is 0 Å². The maximum atomic E-state index is 6.01. The van der Waals surface area contributed by atoms with E-state index < -0.39 is 0 Å². The molecule has 1 heterocycles. The van der Waals surface area contributed by atoms with Gasteiger partial charge < -0.3 is 9.47 Å². The average Bonchev–Trinajstić information content (AvgIpc) is 3.12. The molecule has 0 amide bonds. The number of hydrogen-bond acceptors (Lipinski definition) is 2. The highest BCUT2D eigenvalue weighted by molar-refractivity contribution is 5.39. The maximum absolute atomic E-state index is 6.01. The van der Waals surface area contributed by atoms with Crippen molar-refractivity contribution in [1.29, 1.82) is 0 Å². The van der Waals surface area contributed by atoms with Crippen molar-refractivity contribution >= 4 is 0 Å². The van der Waals surface area contributed by atoms with E-state index in [9.17, 15) is 0 Å². The van der Waals surface area contributed by atoms with E-state index in [-0.39, 0.29) is 6.10 Å². The van der Waals surface area contributed by atoms with Crippen molar-refractivity contribution in [3.8, 4) is 0 Å². The first-order chi connectivity index (χ1) is 10.9. The predicted octanol–water partition coefficient (Wildman–Crippen LogP) is 4.07. The Morgan fingerprint density at radius 2 is 1.86 bits per heavy atom. The predicted molar refractivity (Wildman–Crippen MR) is 86.5 cm³/mol. The van der Waals surface area contributed by atoms with Gasteiger partial charge in [0.1, 0.15) is 0 Å². The van der Waals surface area contributed by atoms with Gasteiger partial charge in [0.15, 0.2) is 0 Å². The van der Waals surface area contributed by atoms with E-state index >= 15 is 0 Å². The van der Waals surface area contributed by atoms with Gasteiger partial charge in [-0.2, -0.15) is 0 Å². The zero-order valence-electron chi connectivity index (χ0n) is 12.6. The number of benzene rings is 2. The van der Waals surface area contributed by atoms with Crippen LogP contribution in [0.1, 0.15) is 22.8 Å². The van der Waals surface area contributed by atoms with Crippen molar-refractivity contribution in [2.24, 2.45) is 5.92 Å². The first kappa shape index (κ1) is 13.7. The molecule has 112 valence electrons. The Bertz CT molecular complexity index is 675. The molecule has 2 nitrogen and oxygen atoms in total. The molecule has 2 aromatic rings. The van der Waals surface area contributed by atoms with Crippen molar-refractivity contribution < 1.29 is 9.47 Å². The summed E-state index contributed by atoms with van der Waals surface area (Å²) in [7, 11) is 0. The number of fused-ring (bicyclic) bond motifs is 3. The number of rotatable bonds is 4. The van der Waals surface area contributed by atoms with Crippen LogP contribution in [0.5, 0.6) is 0 Å². The van der Waals surface area contributed by atoms with Gasteiger partial charge in [0.05, 0.1) is 25.9 Å². The van der Waals surface area contributed by atoms with Gasteiger partial charge in [-0.3, -0.25) is 0 Å². The topological polar surface area (TPSA) is 18.5 Å². The minimum absolute atomic E-state index is 0.261. The summed E-state index contributed by atoms with van der Waals surface area (Å²) in [5.41, 5.74) is 5.43. The lowest BCUT2D eigenvalue weighted by atomic mass is 9.97. The molecular weight excluding hydrogens is 272 g/mol. The Morgan fingerprint density at radius 3 is 2.77 bits per heavy atom. The second kappa shape index (κ2) is 6.07. The zero-order chi connectivity index (χ0) is 14.8. The normalized spacial score (nSPS) is 24.5. The summed E-state index contributed by atoms with van der Waals surface area (Å²) in [5, 5.41) is 0. The Labute approximate surface area is 131 Å². The van der Waals surface area contributed by atoms with E-state index in [0.29, 0.717) is 19.1 Å². The van der Waals surface area contributed by atoms with Crippen LogP contribution in [0.3, 0.4) is 0 Å². The smallest absolute Gasteiger partial charge is 0.0901 e. The third-order valence-electron chi connectivity index (χ3n) is 4.65. The molecule has 2 aliphatic rings. The molecule has 2 unspecified atom stereocenters. The third-order valence-corrected chi connectivity index (χ3v) is 4.65. The summed E-state index contributed by atoms with van der Waals surface area (Å²) in [5.74, 6) is 0.512. The summed E-state index contributed by atoms with van der Waals surface area (Å²) in [6.45, 7) is 2.07. The van der Waals surface area contributed by atoms with Crippen LogP contribution in [0.2, 0.25) is 0 Å². The minimum Gasteiger partial charge on any atom is -0.373 e. The molecule has 0 N–H and O–H groups in total. The van der Waals surface area contributed by atoms with Crippen LogP contribution in [0.15, 0.2) is 66.2 Å². The monoisotopic (exact) mass is 292 g/mol. The van der Waals surface area contributed by atoms with Crippen LogP contribution in [-0.2, 0) is 22.5 Å². The number of hydrogen-bond donors (Lipinski definition) is 0. The van der Waals surface area contributed by atoms with Gasteiger partial charge in [-0.25, -0.2) is 0 Å². The van der Waals surface area contributed by atoms with Gasteiger partial charge in [-0.15, -0.1) is 0 Å². The summed E-state index contributed by atoms with van der Waals surface area (Å²) in [6, 6.07) is 19.0. The molecule has 0 bridgehead atoms. The second-order valence-corrected chi connectivity index (χ2v) is 6.02.